The molecule has 1 unspecified atom stereocenters. The number of aryl methyl sites for hydroxylation is 1. The highest BCUT2D eigenvalue weighted by molar-refractivity contribution is 5.95. The van der Waals surface area contributed by atoms with Gasteiger partial charge in [0.2, 0.25) is 11.8 Å². The fourth-order valence-electron chi connectivity index (χ4n) is 3.14. The summed E-state index contributed by atoms with van der Waals surface area (Å²) in [5, 5.41) is 2.88. The molecule has 26 heavy (non-hydrogen) atoms. The van der Waals surface area contributed by atoms with Crippen LogP contribution in [0, 0.1) is 6.92 Å². The van der Waals surface area contributed by atoms with Crippen molar-refractivity contribution in [3.8, 4) is 0 Å². The summed E-state index contributed by atoms with van der Waals surface area (Å²) in [7, 11) is 0. The van der Waals surface area contributed by atoms with E-state index in [1.807, 2.05) is 60.4 Å². The lowest BCUT2D eigenvalue weighted by Gasteiger charge is -2.27. The molecule has 5 nitrogen and oxygen atoms in total. The number of rotatable bonds is 5. The van der Waals surface area contributed by atoms with Gasteiger partial charge in [-0.1, -0.05) is 42.0 Å². The number of carbonyl (C=O) groups excluding carboxylic acids is 2. The molecular formula is C21H25N3O2. The second-order valence-corrected chi connectivity index (χ2v) is 6.85. The molecule has 1 atom stereocenters. The maximum Gasteiger partial charge on any atom is 0.245 e. The summed E-state index contributed by atoms with van der Waals surface area (Å²) >= 11 is 0. The average molecular weight is 351 g/mol. The first-order valence-corrected chi connectivity index (χ1v) is 9.02. The SMILES string of the molecule is Cc1ccc(C(N)C(=O)Nc2cccc(CN3CCCCC3=O)c2)cc1. The van der Waals surface area contributed by atoms with Gasteiger partial charge in [-0.25, -0.2) is 0 Å². The molecule has 2 aromatic carbocycles. The van der Waals surface area contributed by atoms with Gasteiger partial charge in [0.1, 0.15) is 6.04 Å². The van der Waals surface area contributed by atoms with Gasteiger partial charge in [0.25, 0.3) is 0 Å². The number of hydrogen-bond donors (Lipinski definition) is 2. The van der Waals surface area contributed by atoms with Crippen molar-refractivity contribution in [2.45, 2.75) is 38.8 Å². The van der Waals surface area contributed by atoms with E-state index < -0.39 is 6.04 Å². The van der Waals surface area contributed by atoms with E-state index in [1.165, 1.54) is 0 Å². The molecule has 1 fully saturated rings. The number of hydrogen-bond acceptors (Lipinski definition) is 3. The quantitative estimate of drug-likeness (QED) is 0.869. The Bertz CT molecular complexity index is 786. The fourth-order valence-corrected chi connectivity index (χ4v) is 3.14. The van der Waals surface area contributed by atoms with Crippen LogP contribution in [0.2, 0.25) is 0 Å². The molecule has 136 valence electrons. The number of piperidine rings is 1. The Hall–Kier alpha value is -2.66. The third-order valence-electron chi connectivity index (χ3n) is 4.71. The number of likely N-dealkylation sites (tertiary alicyclic amines) is 1. The lowest BCUT2D eigenvalue weighted by Crippen LogP contribution is -2.34. The summed E-state index contributed by atoms with van der Waals surface area (Å²) in [6, 6.07) is 14.5. The van der Waals surface area contributed by atoms with E-state index in [-0.39, 0.29) is 11.8 Å². The van der Waals surface area contributed by atoms with Crippen molar-refractivity contribution in [2.24, 2.45) is 5.73 Å². The van der Waals surface area contributed by atoms with Gasteiger partial charge in [-0.2, -0.15) is 0 Å². The highest BCUT2D eigenvalue weighted by Gasteiger charge is 2.19. The second kappa shape index (κ2) is 8.15. The first kappa shape index (κ1) is 18.1. The zero-order valence-electron chi connectivity index (χ0n) is 15.1. The Morgan fingerprint density at radius 2 is 1.96 bits per heavy atom. The van der Waals surface area contributed by atoms with E-state index in [2.05, 4.69) is 5.32 Å². The minimum Gasteiger partial charge on any atom is -0.338 e. The number of nitrogens with two attached hydrogens (primary N) is 1. The van der Waals surface area contributed by atoms with Crippen LogP contribution < -0.4 is 11.1 Å². The molecule has 5 heteroatoms. The molecule has 2 aromatic rings. The number of benzene rings is 2. The summed E-state index contributed by atoms with van der Waals surface area (Å²) in [5.41, 5.74) is 9.68. The van der Waals surface area contributed by atoms with E-state index in [4.69, 9.17) is 5.73 Å². The van der Waals surface area contributed by atoms with Crippen molar-refractivity contribution < 1.29 is 9.59 Å². The molecule has 1 heterocycles. The number of amides is 2. The van der Waals surface area contributed by atoms with Crippen molar-refractivity contribution in [3.05, 3.63) is 65.2 Å². The smallest absolute Gasteiger partial charge is 0.245 e. The Morgan fingerprint density at radius 3 is 2.69 bits per heavy atom. The van der Waals surface area contributed by atoms with Gasteiger partial charge < -0.3 is 16.0 Å². The zero-order chi connectivity index (χ0) is 18.5. The molecule has 0 aliphatic carbocycles. The molecular weight excluding hydrogens is 326 g/mol. The van der Waals surface area contributed by atoms with E-state index in [0.717, 1.165) is 36.1 Å². The molecule has 3 rings (SSSR count). The molecule has 0 bridgehead atoms. The molecule has 3 N–H and O–H groups in total. The lowest BCUT2D eigenvalue weighted by atomic mass is 10.0. The molecule has 0 saturated carbocycles. The van der Waals surface area contributed by atoms with Crippen LogP contribution in [0.3, 0.4) is 0 Å². The molecule has 2 amide bonds. The molecule has 1 saturated heterocycles. The molecule has 0 aromatic heterocycles. The topological polar surface area (TPSA) is 75.4 Å². The monoisotopic (exact) mass is 351 g/mol. The Morgan fingerprint density at radius 1 is 1.19 bits per heavy atom. The maximum atomic E-state index is 12.5. The number of carbonyl (C=O) groups is 2. The summed E-state index contributed by atoms with van der Waals surface area (Å²) in [5.74, 6) is -0.0490. The van der Waals surface area contributed by atoms with Gasteiger partial charge in [-0.15, -0.1) is 0 Å². The normalized spacial score (nSPS) is 15.6. The third-order valence-corrected chi connectivity index (χ3v) is 4.71. The Kier molecular flexibility index (Phi) is 5.68. The molecule has 1 aliphatic heterocycles. The number of nitrogens with zero attached hydrogens (tertiary/aromatic N) is 1. The van der Waals surface area contributed by atoms with Gasteiger partial charge in [-0.3, -0.25) is 9.59 Å². The van der Waals surface area contributed by atoms with Crippen molar-refractivity contribution in [1.29, 1.82) is 0 Å². The Labute approximate surface area is 154 Å². The summed E-state index contributed by atoms with van der Waals surface area (Å²) in [6.07, 6.45) is 2.65. The zero-order valence-corrected chi connectivity index (χ0v) is 15.1. The van der Waals surface area contributed by atoms with Crippen molar-refractivity contribution in [3.63, 3.8) is 0 Å². The summed E-state index contributed by atoms with van der Waals surface area (Å²) in [6.45, 7) is 3.37. The second-order valence-electron chi connectivity index (χ2n) is 6.85. The van der Waals surface area contributed by atoms with Gasteiger partial charge in [0.05, 0.1) is 0 Å². The van der Waals surface area contributed by atoms with E-state index in [9.17, 15) is 9.59 Å². The predicted molar refractivity (Wildman–Crippen MR) is 102 cm³/mol. The van der Waals surface area contributed by atoms with E-state index >= 15 is 0 Å². The first-order valence-electron chi connectivity index (χ1n) is 9.02. The first-order chi connectivity index (χ1) is 12.5. The number of anilines is 1. The van der Waals surface area contributed by atoms with Crippen LogP contribution >= 0.6 is 0 Å². The standard InChI is InChI=1S/C21H25N3O2/c1-15-8-10-17(11-9-15)20(22)21(26)23-18-6-4-5-16(13-18)14-24-12-3-2-7-19(24)25/h4-6,8-11,13,20H,2-3,7,12,14,22H2,1H3,(H,23,26). The molecule has 0 radical (unpaired) electrons. The highest BCUT2D eigenvalue weighted by atomic mass is 16.2. The van der Waals surface area contributed by atoms with Gasteiger partial charge >= 0.3 is 0 Å². The van der Waals surface area contributed by atoms with Crippen LogP contribution in [0.1, 0.15) is 42.0 Å². The van der Waals surface area contributed by atoms with Crippen LogP contribution in [0.15, 0.2) is 48.5 Å². The van der Waals surface area contributed by atoms with Gasteiger partial charge in [0.15, 0.2) is 0 Å². The van der Waals surface area contributed by atoms with Crippen LogP contribution in [-0.2, 0) is 16.1 Å². The van der Waals surface area contributed by atoms with Gasteiger partial charge in [0, 0.05) is 25.2 Å². The highest BCUT2D eigenvalue weighted by Crippen LogP contribution is 2.19. The predicted octanol–water partition coefficient (Wildman–Crippen LogP) is 3.15. The van der Waals surface area contributed by atoms with E-state index in [0.29, 0.717) is 18.7 Å². The molecule has 0 spiro atoms. The summed E-state index contributed by atoms with van der Waals surface area (Å²) < 4.78 is 0. The van der Waals surface area contributed by atoms with Crippen LogP contribution in [-0.4, -0.2) is 23.3 Å². The summed E-state index contributed by atoms with van der Waals surface area (Å²) in [4.78, 5) is 26.3. The minimum absolute atomic E-state index is 0.201. The number of nitrogens with one attached hydrogen (secondary N) is 1. The minimum atomic E-state index is -0.720. The van der Waals surface area contributed by atoms with Crippen LogP contribution in [0.4, 0.5) is 5.69 Å². The van der Waals surface area contributed by atoms with E-state index in [1.54, 1.807) is 0 Å². The largest absolute Gasteiger partial charge is 0.338 e. The lowest BCUT2D eigenvalue weighted by molar-refractivity contribution is -0.133. The van der Waals surface area contributed by atoms with Crippen molar-refractivity contribution >= 4 is 17.5 Å². The average Bonchev–Trinajstić information content (AvgIpc) is 2.64. The fraction of sp³-hybridized carbons (Fsp3) is 0.333. The maximum absolute atomic E-state index is 12.5. The van der Waals surface area contributed by atoms with Crippen LogP contribution in [0.25, 0.3) is 0 Å². The van der Waals surface area contributed by atoms with Crippen LogP contribution in [0.5, 0.6) is 0 Å². The van der Waals surface area contributed by atoms with Gasteiger partial charge in [-0.05, 0) is 43.0 Å². The van der Waals surface area contributed by atoms with Crippen molar-refractivity contribution in [1.82, 2.24) is 4.90 Å². The Balaban J connectivity index is 1.65. The third kappa shape index (κ3) is 4.49. The van der Waals surface area contributed by atoms with Crippen molar-refractivity contribution in [2.75, 3.05) is 11.9 Å². The molecule has 1 aliphatic rings.